The molecule has 4 nitrogen and oxygen atoms in total. The highest BCUT2D eigenvalue weighted by Gasteiger charge is 2.09. The minimum atomic E-state index is 0.734. The molecule has 0 radical (unpaired) electrons. The molecule has 0 saturated carbocycles. The van der Waals surface area contributed by atoms with Crippen LogP contribution >= 0.6 is 0 Å². The van der Waals surface area contributed by atoms with Crippen LogP contribution in [0.3, 0.4) is 0 Å². The summed E-state index contributed by atoms with van der Waals surface area (Å²) in [5.41, 5.74) is 1.08. The zero-order chi connectivity index (χ0) is 14.1. The Hall–Kier alpha value is -1.03. The monoisotopic (exact) mass is 267 g/mol. The van der Waals surface area contributed by atoms with E-state index in [2.05, 4.69) is 41.8 Å². The molecule has 0 unspecified atom stereocenters. The molecule has 0 amide bonds. The van der Waals surface area contributed by atoms with Gasteiger partial charge in [0.1, 0.15) is 0 Å². The summed E-state index contributed by atoms with van der Waals surface area (Å²) in [5, 5.41) is 3.42. The van der Waals surface area contributed by atoms with E-state index in [4.69, 9.17) is 4.74 Å². The van der Waals surface area contributed by atoms with Gasteiger partial charge in [-0.05, 0) is 26.2 Å². The molecular weight excluding hydrogens is 238 g/mol. The minimum Gasteiger partial charge on any atom is -0.382 e. The Labute approximate surface area is 117 Å². The second kappa shape index (κ2) is 8.97. The molecule has 0 aromatic carbocycles. The van der Waals surface area contributed by atoms with Gasteiger partial charge < -0.3 is 14.6 Å². The standard InChI is InChI=1S/C15H29N3O/c1-5-14(6-2)12-18-11-13(4)17-15(18)16-9-8-10-19-7-3/h11,14H,5-10,12H2,1-4H3,(H,16,17). The second-order valence-electron chi connectivity index (χ2n) is 5.02. The number of nitrogens with one attached hydrogen (secondary N) is 1. The quantitative estimate of drug-likeness (QED) is 0.660. The molecule has 0 spiro atoms. The number of hydrogen-bond acceptors (Lipinski definition) is 3. The van der Waals surface area contributed by atoms with E-state index < -0.39 is 0 Å². The van der Waals surface area contributed by atoms with E-state index in [1.807, 2.05) is 6.92 Å². The number of rotatable bonds is 10. The molecular formula is C15H29N3O. The Morgan fingerprint density at radius 2 is 2.05 bits per heavy atom. The Bertz CT molecular complexity index is 345. The van der Waals surface area contributed by atoms with Gasteiger partial charge in [-0.15, -0.1) is 0 Å². The number of ether oxygens (including phenoxy) is 1. The second-order valence-corrected chi connectivity index (χ2v) is 5.02. The van der Waals surface area contributed by atoms with Crippen molar-refractivity contribution >= 4 is 5.95 Å². The Morgan fingerprint density at radius 3 is 2.68 bits per heavy atom. The first-order valence-electron chi connectivity index (χ1n) is 7.56. The molecule has 0 aliphatic heterocycles. The summed E-state index contributed by atoms with van der Waals surface area (Å²) >= 11 is 0. The Kier molecular flexibility index (Phi) is 7.56. The van der Waals surface area contributed by atoms with Crippen LogP contribution in [0.5, 0.6) is 0 Å². The third-order valence-electron chi connectivity index (χ3n) is 3.46. The molecule has 110 valence electrons. The normalized spacial score (nSPS) is 11.2. The average Bonchev–Trinajstić information content (AvgIpc) is 2.76. The first-order valence-corrected chi connectivity index (χ1v) is 7.56. The number of imidazole rings is 1. The smallest absolute Gasteiger partial charge is 0.203 e. The van der Waals surface area contributed by atoms with E-state index in [9.17, 15) is 0 Å². The van der Waals surface area contributed by atoms with Gasteiger partial charge in [0.05, 0.1) is 5.69 Å². The van der Waals surface area contributed by atoms with Crippen LogP contribution in [-0.2, 0) is 11.3 Å². The molecule has 0 saturated heterocycles. The fourth-order valence-corrected chi connectivity index (χ4v) is 2.17. The van der Waals surface area contributed by atoms with Crippen molar-refractivity contribution in [2.75, 3.05) is 25.1 Å². The van der Waals surface area contributed by atoms with Crippen LogP contribution in [0.2, 0.25) is 0 Å². The first-order chi connectivity index (χ1) is 9.21. The molecule has 1 aromatic heterocycles. The van der Waals surface area contributed by atoms with Gasteiger partial charge in [-0.1, -0.05) is 26.7 Å². The summed E-state index contributed by atoms with van der Waals surface area (Å²) in [6, 6.07) is 0. The lowest BCUT2D eigenvalue weighted by molar-refractivity contribution is 0.147. The van der Waals surface area contributed by atoms with Gasteiger partial charge in [-0.25, -0.2) is 4.98 Å². The van der Waals surface area contributed by atoms with Crippen LogP contribution < -0.4 is 5.32 Å². The van der Waals surface area contributed by atoms with Gasteiger partial charge in [0.15, 0.2) is 0 Å². The van der Waals surface area contributed by atoms with Crippen molar-refractivity contribution in [3.63, 3.8) is 0 Å². The summed E-state index contributed by atoms with van der Waals surface area (Å²) in [6.45, 7) is 12.2. The third-order valence-corrected chi connectivity index (χ3v) is 3.46. The van der Waals surface area contributed by atoms with E-state index in [0.29, 0.717) is 0 Å². The third kappa shape index (κ3) is 5.64. The first kappa shape index (κ1) is 16.0. The van der Waals surface area contributed by atoms with Gasteiger partial charge in [0.2, 0.25) is 5.95 Å². The van der Waals surface area contributed by atoms with Crippen molar-refractivity contribution in [2.24, 2.45) is 5.92 Å². The molecule has 1 heterocycles. The van der Waals surface area contributed by atoms with Crippen LogP contribution in [0.1, 0.15) is 45.7 Å². The number of aromatic nitrogens is 2. The predicted octanol–water partition coefficient (Wildman–Crippen LogP) is 3.47. The SMILES string of the molecule is CCOCCCNc1nc(C)cn1CC(CC)CC. The van der Waals surface area contributed by atoms with Crippen molar-refractivity contribution in [1.29, 1.82) is 0 Å². The van der Waals surface area contributed by atoms with Crippen molar-refractivity contribution in [1.82, 2.24) is 9.55 Å². The zero-order valence-electron chi connectivity index (χ0n) is 12.9. The summed E-state index contributed by atoms with van der Waals surface area (Å²) < 4.78 is 7.60. The highest BCUT2D eigenvalue weighted by molar-refractivity contribution is 5.28. The van der Waals surface area contributed by atoms with Crippen LogP contribution in [0.4, 0.5) is 5.95 Å². The highest BCUT2D eigenvalue weighted by Crippen LogP contribution is 2.16. The van der Waals surface area contributed by atoms with Gasteiger partial charge in [0, 0.05) is 32.5 Å². The fraction of sp³-hybridized carbons (Fsp3) is 0.800. The fourth-order valence-electron chi connectivity index (χ4n) is 2.17. The largest absolute Gasteiger partial charge is 0.382 e. The Morgan fingerprint density at radius 1 is 1.32 bits per heavy atom. The molecule has 0 atom stereocenters. The lowest BCUT2D eigenvalue weighted by Crippen LogP contribution is -2.14. The van der Waals surface area contributed by atoms with Crippen LogP contribution in [0.15, 0.2) is 6.20 Å². The van der Waals surface area contributed by atoms with Gasteiger partial charge in [0.25, 0.3) is 0 Å². The van der Waals surface area contributed by atoms with E-state index in [1.165, 1.54) is 12.8 Å². The minimum absolute atomic E-state index is 0.734. The molecule has 0 aliphatic rings. The summed E-state index contributed by atoms with van der Waals surface area (Å²) in [4.78, 5) is 4.56. The molecule has 0 bridgehead atoms. The maximum atomic E-state index is 5.34. The highest BCUT2D eigenvalue weighted by atomic mass is 16.5. The average molecular weight is 267 g/mol. The zero-order valence-corrected chi connectivity index (χ0v) is 12.9. The predicted molar refractivity (Wildman–Crippen MR) is 80.6 cm³/mol. The van der Waals surface area contributed by atoms with E-state index in [1.54, 1.807) is 0 Å². The molecule has 19 heavy (non-hydrogen) atoms. The topological polar surface area (TPSA) is 39.1 Å². The summed E-state index contributed by atoms with van der Waals surface area (Å²) in [5.74, 6) is 1.73. The summed E-state index contributed by atoms with van der Waals surface area (Å²) in [7, 11) is 0. The lowest BCUT2D eigenvalue weighted by atomic mass is 10.0. The van der Waals surface area contributed by atoms with E-state index in [0.717, 1.165) is 50.3 Å². The molecule has 1 N–H and O–H groups in total. The molecule has 0 fully saturated rings. The van der Waals surface area contributed by atoms with Crippen LogP contribution in [0.25, 0.3) is 0 Å². The molecule has 0 aliphatic carbocycles. The van der Waals surface area contributed by atoms with Gasteiger partial charge in [-0.3, -0.25) is 0 Å². The van der Waals surface area contributed by atoms with Gasteiger partial charge >= 0.3 is 0 Å². The van der Waals surface area contributed by atoms with Crippen LogP contribution in [-0.4, -0.2) is 29.3 Å². The van der Waals surface area contributed by atoms with Crippen molar-refractivity contribution < 1.29 is 4.74 Å². The number of aryl methyl sites for hydroxylation is 1. The number of hydrogen-bond donors (Lipinski definition) is 1. The Balaban J connectivity index is 2.48. The molecule has 4 heteroatoms. The van der Waals surface area contributed by atoms with E-state index >= 15 is 0 Å². The lowest BCUT2D eigenvalue weighted by Gasteiger charge is -2.15. The van der Waals surface area contributed by atoms with Gasteiger partial charge in [-0.2, -0.15) is 0 Å². The van der Waals surface area contributed by atoms with Crippen molar-refractivity contribution in [3.8, 4) is 0 Å². The van der Waals surface area contributed by atoms with Crippen molar-refractivity contribution in [2.45, 2.75) is 53.5 Å². The van der Waals surface area contributed by atoms with E-state index in [-0.39, 0.29) is 0 Å². The molecule has 1 aromatic rings. The summed E-state index contributed by atoms with van der Waals surface area (Å²) in [6.07, 6.45) is 5.60. The molecule has 1 rings (SSSR count). The number of nitrogens with zero attached hydrogens (tertiary/aromatic N) is 2. The maximum Gasteiger partial charge on any atom is 0.203 e. The number of anilines is 1. The maximum absolute atomic E-state index is 5.34. The van der Waals surface area contributed by atoms with Crippen LogP contribution in [0, 0.1) is 12.8 Å². The van der Waals surface area contributed by atoms with Crippen molar-refractivity contribution in [3.05, 3.63) is 11.9 Å².